The molecule has 0 aliphatic rings. The molecule has 1 unspecified atom stereocenters. The molecule has 2 N–H and O–H groups in total. The Balaban J connectivity index is 2.25. The number of anilines is 1. The van der Waals surface area contributed by atoms with Crippen LogP contribution in [0.5, 0.6) is 0 Å². The van der Waals surface area contributed by atoms with Crippen LogP contribution in [-0.2, 0) is 6.54 Å². The third-order valence-electron chi connectivity index (χ3n) is 3.14. The fourth-order valence-electron chi connectivity index (χ4n) is 1.83. The van der Waals surface area contributed by atoms with Crippen molar-refractivity contribution in [1.29, 1.82) is 0 Å². The molecule has 1 aromatic carbocycles. The lowest BCUT2D eigenvalue weighted by Crippen LogP contribution is -2.24. The Hall–Kier alpha value is -1.65. The first-order chi connectivity index (χ1) is 9.11. The molecular weight excluding hydrogens is 260 g/mol. The van der Waals surface area contributed by atoms with Gasteiger partial charge in [0.15, 0.2) is 0 Å². The molecule has 19 heavy (non-hydrogen) atoms. The monoisotopic (exact) mass is 276 g/mol. The fraction of sp³-hybridized carbons (Fsp3) is 0.286. The highest BCUT2D eigenvalue weighted by atomic mass is 35.5. The second-order valence-corrected chi connectivity index (χ2v) is 4.83. The van der Waals surface area contributed by atoms with Crippen LogP contribution in [0.15, 0.2) is 36.5 Å². The van der Waals surface area contributed by atoms with Gasteiger partial charge in [0.2, 0.25) is 5.95 Å². The van der Waals surface area contributed by atoms with Crippen LogP contribution < -0.4 is 10.6 Å². The molecule has 0 radical (unpaired) electrons. The van der Waals surface area contributed by atoms with Crippen LogP contribution in [0.4, 0.5) is 5.95 Å². The summed E-state index contributed by atoms with van der Waals surface area (Å²) in [6.45, 7) is 2.50. The fourth-order valence-corrected chi connectivity index (χ4v) is 2.03. The molecule has 1 heterocycles. The number of benzene rings is 1. The van der Waals surface area contributed by atoms with Gasteiger partial charge in [-0.2, -0.15) is 0 Å². The van der Waals surface area contributed by atoms with Crippen molar-refractivity contribution in [3.8, 4) is 0 Å². The number of nitrogens with two attached hydrogens (primary N) is 1. The largest absolute Gasteiger partial charge is 0.337 e. The lowest BCUT2D eigenvalue weighted by Gasteiger charge is -2.25. The van der Waals surface area contributed by atoms with Crippen LogP contribution in [0.1, 0.15) is 24.2 Å². The zero-order valence-corrected chi connectivity index (χ0v) is 11.8. The molecule has 1 atom stereocenters. The molecule has 0 aliphatic heterocycles. The lowest BCUT2D eigenvalue weighted by atomic mass is 10.1. The predicted octanol–water partition coefficient (Wildman–Crippen LogP) is 2.79. The van der Waals surface area contributed by atoms with E-state index in [0.29, 0.717) is 12.5 Å². The molecule has 0 saturated heterocycles. The molecule has 4 nitrogen and oxygen atoms in total. The average molecular weight is 277 g/mol. The number of rotatable bonds is 4. The van der Waals surface area contributed by atoms with Crippen molar-refractivity contribution in [3.63, 3.8) is 0 Å². The molecule has 2 aromatic rings. The summed E-state index contributed by atoms with van der Waals surface area (Å²) in [5, 5.41) is 0.731. The number of aromatic nitrogens is 2. The van der Waals surface area contributed by atoms with Crippen LogP contribution in [0.25, 0.3) is 0 Å². The maximum absolute atomic E-state index is 6.02. The van der Waals surface area contributed by atoms with Crippen molar-refractivity contribution in [3.05, 3.63) is 52.8 Å². The Kier molecular flexibility index (Phi) is 4.35. The molecular formula is C14H17ClN4. The highest BCUT2D eigenvalue weighted by molar-refractivity contribution is 6.30. The Bertz CT molecular complexity index is 559. The first kappa shape index (κ1) is 13.8. The van der Waals surface area contributed by atoms with Gasteiger partial charge in [0.25, 0.3) is 0 Å². The predicted molar refractivity (Wildman–Crippen MR) is 78.2 cm³/mol. The summed E-state index contributed by atoms with van der Waals surface area (Å²) < 4.78 is 0. The van der Waals surface area contributed by atoms with Crippen molar-refractivity contribution in [2.75, 3.05) is 11.9 Å². The van der Waals surface area contributed by atoms with Gasteiger partial charge in [-0.1, -0.05) is 23.7 Å². The molecule has 0 bridgehead atoms. The molecule has 0 spiro atoms. The van der Waals surface area contributed by atoms with E-state index in [0.717, 1.165) is 16.3 Å². The van der Waals surface area contributed by atoms with Gasteiger partial charge >= 0.3 is 0 Å². The lowest BCUT2D eigenvalue weighted by molar-refractivity contribution is 0.711. The van der Waals surface area contributed by atoms with E-state index in [-0.39, 0.29) is 6.04 Å². The van der Waals surface area contributed by atoms with E-state index in [1.54, 1.807) is 6.20 Å². The molecule has 0 fully saturated rings. The van der Waals surface area contributed by atoms with E-state index < -0.39 is 0 Å². The van der Waals surface area contributed by atoms with Crippen molar-refractivity contribution in [2.45, 2.75) is 19.5 Å². The maximum atomic E-state index is 6.02. The summed E-state index contributed by atoms with van der Waals surface area (Å²) in [7, 11) is 1.96. The van der Waals surface area contributed by atoms with Gasteiger partial charge in [0.05, 0.1) is 11.7 Å². The molecule has 0 saturated carbocycles. The van der Waals surface area contributed by atoms with Gasteiger partial charge in [0, 0.05) is 24.8 Å². The van der Waals surface area contributed by atoms with Crippen LogP contribution in [0.3, 0.4) is 0 Å². The standard InChI is InChI=1S/C14H17ClN4/c1-10(11-4-3-5-12(15)8-11)19(2)14-17-7-6-13(9-16)18-14/h3-8,10H,9,16H2,1-2H3. The summed E-state index contributed by atoms with van der Waals surface area (Å²) >= 11 is 6.02. The zero-order valence-electron chi connectivity index (χ0n) is 11.0. The maximum Gasteiger partial charge on any atom is 0.225 e. The summed E-state index contributed by atoms with van der Waals surface area (Å²) in [4.78, 5) is 10.7. The summed E-state index contributed by atoms with van der Waals surface area (Å²) in [5.41, 5.74) is 7.55. The van der Waals surface area contributed by atoms with Gasteiger partial charge in [-0.3, -0.25) is 0 Å². The molecule has 100 valence electrons. The Morgan fingerprint density at radius 2 is 2.16 bits per heavy atom. The van der Waals surface area contributed by atoms with Crippen molar-refractivity contribution >= 4 is 17.5 Å². The van der Waals surface area contributed by atoms with Gasteiger partial charge in [-0.05, 0) is 30.7 Å². The summed E-state index contributed by atoms with van der Waals surface area (Å²) in [5.74, 6) is 0.662. The van der Waals surface area contributed by atoms with Crippen LogP contribution in [-0.4, -0.2) is 17.0 Å². The molecule has 1 aromatic heterocycles. The Morgan fingerprint density at radius 1 is 1.37 bits per heavy atom. The van der Waals surface area contributed by atoms with Gasteiger partial charge in [0.1, 0.15) is 0 Å². The SMILES string of the molecule is CC(c1cccc(Cl)c1)N(C)c1nccc(CN)n1. The third-order valence-corrected chi connectivity index (χ3v) is 3.37. The van der Waals surface area contributed by atoms with Crippen LogP contribution >= 0.6 is 11.6 Å². The zero-order chi connectivity index (χ0) is 13.8. The third kappa shape index (κ3) is 3.22. The molecule has 0 amide bonds. The Labute approximate surface area is 118 Å². The minimum Gasteiger partial charge on any atom is -0.337 e. The van der Waals surface area contributed by atoms with E-state index in [2.05, 4.69) is 16.9 Å². The second kappa shape index (κ2) is 5.99. The van der Waals surface area contributed by atoms with E-state index in [4.69, 9.17) is 17.3 Å². The number of hydrogen-bond acceptors (Lipinski definition) is 4. The highest BCUT2D eigenvalue weighted by Gasteiger charge is 2.15. The van der Waals surface area contributed by atoms with Gasteiger partial charge in [-0.15, -0.1) is 0 Å². The van der Waals surface area contributed by atoms with E-state index in [9.17, 15) is 0 Å². The highest BCUT2D eigenvalue weighted by Crippen LogP contribution is 2.24. The smallest absolute Gasteiger partial charge is 0.225 e. The number of halogens is 1. The van der Waals surface area contributed by atoms with Gasteiger partial charge in [-0.25, -0.2) is 9.97 Å². The van der Waals surface area contributed by atoms with Crippen molar-refractivity contribution in [1.82, 2.24) is 9.97 Å². The van der Waals surface area contributed by atoms with E-state index in [1.807, 2.05) is 42.3 Å². The topological polar surface area (TPSA) is 55.0 Å². The van der Waals surface area contributed by atoms with Crippen molar-refractivity contribution in [2.24, 2.45) is 5.73 Å². The van der Waals surface area contributed by atoms with Gasteiger partial charge < -0.3 is 10.6 Å². The first-order valence-electron chi connectivity index (χ1n) is 6.12. The van der Waals surface area contributed by atoms with Crippen LogP contribution in [0, 0.1) is 0 Å². The molecule has 0 aliphatic carbocycles. The van der Waals surface area contributed by atoms with Crippen LogP contribution in [0.2, 0.25) is 5.02 Å². The number of nitrogens with zero attached hydrogens (tertiary/aromatic N) is 3. The molecule has 2 rings (SSSR count). The van der Waals surface area contributed by atoms with Crippen molar-refractivity contribution < 1.29 is 0 Å². The minimum absolute atomic E-state index is 0.131. The minimum atomic E-state index is 0.131. The second-order valence-electron chi connectivity index (χ2n) is 4.39. The molecule has 5 heteroatoms. The average Bonchev–Trinajstić information content (AvgIpc) is 2.45. The number of hydrogen-bond donors (Lipinski definition) is 1. The quantitative estimate of drug-likeness (QED) is 0.933. The summed E-state index contributed by atoms with van der Waals surface area (Å²) in [6.07, 6.45) is 1.73. The Morgan fingerprint density at radius 3 is 2.84 bits per heavy atom. The normalized spacial score (nSPS) is 12.2. The first-order valence-corrected chi connectivity index (χ1v) is 6.50. The summed E-state index contributed by atoms with van der Waals surface area (Å²) in [6, 6.07) is 9.76. The van der Waals surface area contributed by atoms with E-state index in [1.165, 1.54) is 0 Å². The van der Waals surface area contributed by atoms with E-state index >= 15 is 0 Å².